The van der Waals surface area contributed by atoms with Gasteiger partial charge in [-0.05, 0) is 66.9 Å². The Balaban J connectivity index is 1.10. The van der Waals surface area contributed by atoms with Crippen molar-refractivity contribution < 1.29 is 13.2 Å². The van der Waals surface area contributed by atoms with Crippen LogP contribution >= 0.6 is 0 Å². The van der Waals surface area contributed by atoms with Crippen LogP contribution in [-0.2, 0) is 29.7 Å². The molecule has 0 atom stereocenters. The van der Waals surface area contributed by atoms with Crippen LogP contribution in [0.25, 0.3) is 0 Å². The summed E-state index contributed by atoms with van der Waals surface area (Å²) < 4.78 is 27.3. The lowest BCUT2D eigenvalue weighted by Gasteiger charge is -2.34. The van der Waals surface area contributed by atoms with E-state index in [1.807, 2.05) is 30.3 Å². The highest BCUT2D eigenvalue weighted by atomic mass is 32.2. The van der Waals surface area contributed by atoms with Crippen molar-refractivity contribution in [2.75, 3.05) is 39.3 Å². The summed E-state index contributed by atoms with van der Waals surface area (Å²) in [6.45, 7) is 6.74. The topological polar surface area (TPSA) is 73.0 Å². The predicted molar refractivity (Wildman–Crippen MR) is 154 cm³/mol. The Morgan fingerprint density at radius 1 is 0.667 bits per heavy atom. The summed E-state index contributed by atoms with van der Waals surface area (Å²) in [6.07, 6.45) is 3.93. The van der Waals surface area contributed by atoms with Crippen molar-refractivity contribution in [2.24, 2.45) is 0 Å². The van der Waals surface area contributed by atoms with Crippen LogP contribution in [0.2, 0.25) is 0 Å². The zero-order valence-corrected chi connectivity index (χ0v) is 23.3. The number of amides is 1. The van der Waals surface area contributed by atoms with Gasteiger partial charge in [-0.1, -0.05) is 61.0 Å². The number of carbonyl (C=O) groups excluding carboxylic acids is 1. The van der Waals surface area contributed by atoms with Gasteiger partial charge in [0.2, 0.25) is 10.0 Å². The molecule has 7 nitrogen and oxygen atoms in total. The summed E-state index contributed by atoms with van der Waals surface area (Å²) in [5, 5.41) is 3.05. The minimum atomic E-state index is -3.46. The second kappa shape index (κ2) is 12.9. The molecule has 2 saturated heterocycles. The molecule has 0 radical (unpaired) electrons. The molecule has 0 spiro atoms. The monoisotopic (exact) mass is 546 g/mol. The van der Waals surface area contributed by atoms with E-state index in [4.69, 9.17) is 0 Å². The minimum absolute atomic E-state index is 0.0898. The van der Waals surface area contributed by atoms with Crippen molar-refractivity contribution >= 4 is 15.9 Å². The van der Waals surface area contributed by atoms with Gasteiger partial charge in [0.05, 0.1) is 4.90 Å². The van der Waals surface area contributed by atoms with Gasteiger partial charge in [-0.3, -0.25) is 14.6 Å². The minimum Gasteiger partial charge on any atom is -0.348 e. The zero-order chi connectivity index (χ0) is 27.1. The lowest BCUT2D eigenvalue weighted by atomic mass is 10.1. The molecule has 2 heterocycles. The molecule has 0 unspecified atom stereocenters. The van der Waals surface area contributed by atoms with Crippen LogP contribution in [0.4, 0.5) is 0 Å². The quantitative estimate of drug-likeness (QED) is 0.437. The van der Waals surface area contributed by atoms with E-state index in [1.54, 1.807) is 28.6 Å². The standard InChI is InChI=1S/C31H38N4O3S/c36-31(32-23-26-12-14-27(15-13-26)24-33-16-5-2-6-17-33)29-9-7-8-28(22-29)25-34-18-20-35(21-19-34)39(37,38)30-10-3-1-4-11-30/h1,3-4,7-15,22H,2,5-6,16-21,23-25H2,(H,32,36). The van der Waals surface area contributed by atoms with Crippen LogP contribution in [0.5, 0.6) is 0 Å². The molecule has 0 bridgehead atoms. The first-order valence-electron chi connectivity index (χ1n) is 13.9. The van der Waals surface area contributed by atoms with Crippen molar-refractivity contribution in [3.8, 4) is 0 Å². The van der Waals surface area contributed by atoms with E-state index in [2.05, 4.69) is 39.4 Å². The van der Waals surface area contributed by atoms with Crippen LogP contribution in [0, 0.1) is 0 Å². The summed E-state index contributed by atoms with van der Waals surface area (Å²) >= 11 is 0. The number of rotatable bonds is 9. The van der Waals surface area contributed by atoms with E-state index in [0.717, 1.165) is 17.7 Å². The molecule has 0 saturated carbocycles. The lowest BCUT2D eigenvalue weighted by Crippen LogP contribution is -2.48. The highest BCUT2D eigenvalue weighted by Crippen LogP contribution is 2.19. The normalized spacial score (nSPS) is 17.6. The first-order valence-corrected chi connectivity index (χ1v) is 15.4. The van der Waals surface area contributed by atoms with E-state index >= 15 is 0 Å². The summed E-state index contributed by atoms with van der Waals surface area (Å²) in [5.41, 5.74) is 4.09. The molecule has 2 aliphatic heterocycles. The van der Waals surface area contributed by atoms with Crippen LogP contribution in [0.1, 0.15) is 46.3 Å². The molecule has 3 aromatic rings. The Morgan fingerprint density at radius 2 is 1.31 bits per heavy atom. The Bertz CT molecular complexity index is 1330. The van der Waals surface area contributed by atoms with Crippen LogP contribution < -0.4 is 5.32 Å². The third-order valence-corrected chi connectivity index (χ3v) is 9.55. The van der Waals surface area contributed by atoms with Gasteiger partial charge in [0.1, 0.15) is 0 Å². The van der Waals surface area contributed by atoms with Gasteiger partial charge in [-0.2, -0.15) is 4.31 Å². The molecule has 1 amide bonds. The summed E-state index contributed by atoms with van der Waals surface area (Å²) in [6, 6.07) is 24.9. The Hall–Kier alpha value is -3.04. The molecule has 8 heteroatoms. The number of hydrogen-bond acceptors (Lipinski definition) is 5. The first-order chi connectivity index (χ1) is 19.0. The molecule has 39 heavy (non-hydrogen) atoms. The maximum absolute atomic E-state index is 12.9. The molecule has 2 aliphatic rings. The fourth-order valence-corrected chi connectivity index (χ4v) is 6.80. The number of benzene rings is 3. The molecule has 2 fully saturated rings. The van der Waals surface area contributed by atoms with Crippen molar-refractivity contribution in [3.05, 3.63) is 101 Å². The zero-order valence-electron chi connectivity index (χ0n) is 22.5. The van der Waals surface area contributed by atoms with Gasteiger partial charge in [0.15, 0.2) is 0 Å². The number of sulfonamides is 1. The molecular weight excluding hydrogens is 508 g/mol. The molecular formula is C31H38N4O3S. The fraction of sp³-hybridized carbons (Fsp3) is 0.387. The highest BCUT2D eigenvalue weighted by molar-refractivity contribution is 7.89. The average molecular weight is 547 g/mol. The molecule has 0 aromatic heterocycles. The van der Waals surface area contributed by atoms with Gasteiger partial charge < -0.3 is 5.32 Å². The van der Waals surface area contributed by atoms with Crippen molar-refractivity contribution in [3.63, 3.8) is 0 Å². The van der Waals surface area contributed by atoms with Crippen LogP contribution in [-0.4, -0.2) is 67.7 Å². The molecule has 206 valence electrons. The highest BCUT2D eigenvalue weighted by Gasteiger charge is 2.28. The Morgan fingerprint density at radius 3 is 2.03 bits per heavy atom. The molecule has 5 rings (SSSR count). The van der Waals surface area contributed by atoms with Crippen molar-refractivity contribution in [1.82, 2.24) is 19.4 Å². The maximum atomic E-state index is 12.9. The average Bonchev–Trinajstić information content (AvgIpc) is 2.98. The first kappa shape index (κ1) is 27.5. The summed E-state index contributed by atoms with van der Waals surface area (Å²) in [4.78, 5) is 18.0. The number of piperidine rings is 1. The van der Waals surface area contributed by atoms with E-state index in [9.17, 15) is 13.2 Å². The third kappa shape index (κ3) is 7.33. The molecule has 1 N–H and O–H groups in total. The van der Waals surface area contributed by atoms with Crippen molar-refractivity contribution in [1.29, 1.82) is 0 Å². The lowest BCUT2D eigenvalue weighted by molar-refractivity contribution is 0.0950. The number of carbonyl (C=O) groups is 1. The Kier molecular flexibility index (Phi) is 9.09. The van der Waals surface area contributed by atoms with Crippen LogP contribution in [0.3, 0.4) is 0 Å². The number of nitrogens with zero attached hydrogens (tertiary/aromatic N) is 3. The third-order valence-electron chi connectivity index (χ3n) is 7.64. The second-order valence-electron chi connectivity index (χ2n) is 10.5. The van der Waals surface area contributed by atoms with Gasteiger partial charge in [-0.25, -0.2) is 8.42 Å². The second-order valence-corrected chi connectivity index (χ2v) is 12.5. The number of piperazine rings is 1. The fourth-order valence-electron chi connectivity index (χ4n) is 5.36. The van der Waals surface area contributed by atoms with Gasteiger partial charge in [0, 0.05) is 51.4 Å². The Labute approximate surface area is 232 Å². The smallest absolute Gasteiger partial charge is 0.251 e. The van der Waals surface area contributed by atoms with Crippen LogP contribution in [0.15, 0.2) is 83.8 Å². The van der Waals surface area contributed by atoms with E-state index < -0.39 is 10.0 Å². The summed E-state index contributed by atoms with van der Waals surface area (Å²) in [5.74, 6) is -0.0898. The van der Waals surface area contributed by atoms with Gasteiger partial charge in [-0.15, -0.1) is 0 Å². The SMILES string of the molecule is O=C(NCc1ccc(CN2CCCCC2)cc1)c1cccc(CN2CCN(S(=O)(=O)c3ccccc3)CC2)c1. The van der Waals surface area contributed by atoms with Crippen molar-refractivity contribution in [2.45, 2.75) is 43.8 Å². The number of likely N-dealkylation sites (tertiary alicyclic amines) is 1. The largest absolute Gasteiger partial charge is 0.348 e. The van der Waals surface area contributed by atoms with Gasteiger partial charge in [0.25, 0.3) is 5.91 Å². The number of nitrogens with one attached hydrogen (secondary N) is 1. The van der Waals surface area contributed by atoms with Gasteiger partial charge >= 0.3 is 0 Å². The predicted octanol–water partition coefficient (Wildman–Crippen LogP) is 4.11. The van der Waals surface area contributed by atoms with E-state index in [-0.39, 0.29) is 5.91 Å². The molecule has 3 aromatic carbocycles. The number of hydrogen-bond donors (Lipinski definition) is 1. The van der Waals surface area contributed by atoms with E-state index in [1.165, 1.54) is 37.9 Å². The summed E-state index contributed by atoms with van der Waals surface area (Å²) in [7, 11) is -3.46. The maximum Gasteiger partial charge on any atom is 0.251 e. The molecule has 0 aliphatic carbocycles. The van der Waals surface area contributed by atoms with E-state index in [0.29, 0.717) is 49.7 Å².